The topological polar surface area (TPSA) is 49.7 Å². The Morgan fingerprint density at radius 2 is 1.63 bits per heavy atom. The van der Waals surface area contributed by atoms with Crippen LogP contribution in [0.5, 0.6) is 5.75 Å². The summed E-state index contributed by atoms with van der Waals surface area (Å²) in [7, 11) is 0. The summed E-state index contributed by atoms with van der Waals surface area (Å²) in [5, 5.41) is 20.9. The van der Waals surface area contributed by atoms with Gasteiger partial charge < -0.3 is 14.9 Å². The molecule has 0 saturated heterocycles. The average Bonchev–Trinajstić information content (AvgIpc) is 2.39. The first-order chi connectivity index (χ1) is 9.01. The van der Waals surface area contributed by atoms with Crippen molar-refractivity contribution in [1.29, 1.82) is 0 Å². The van der Waals surface area contributed by atoms with E-state index in [2.05, 4.69) is 0 Å². The lowest BCUT2D eigenvalue weighted by Crippen LogP contribution is -2.38. The maximum absolute atomic E-state index is 10.5. The number of benzene rings is 1. The number of rotatable bonds is 4. The van der Waals surface area contributed by atoms with Gasteiger partial charge in [-0.15, -0.1) is 0 Å². The highest BCUT2D eigenvalue weighted by atomic mass is 16.5. The zero-order chi connectivity index (χ0) is 13.9. The molecule has 0 aliphatic heterocycles. The van der Waals surface area contributed by atoms with Gasteiger partial charge in [0.1, 0.15) is 11.9 Å². The molecule has 106 valence electrons. The van der Waals surface area contributed by atoms with Crippen LogP contribution in [-0.2, 0) is 0 Å². The standard InChI is InChI=1S/C16H24O3/c1-12(2)19-14-8-6-13(7-9-14)15(17)16(18)10-4-3-5-11-16/h6-9,12,15,17-18H,3-5,10-11H2,1-2H3. The Morgan fingerprint density at radius 1 is 1.05 bits per heavy atom. The third-order valence-corrected chi connectivity index (χ3v) is 3.80. The number of hydrogen-bond donors (Lipinski definition) is 2. The highest BCUT2D eigenvalue weighted by Gasteiger charge is 2.37. The third-order valence-electron chi connectivity index (χ3n) is 3.80. The van der Waals surface area contributed by atoms with Gasteiger partial charge >= 0.3 is 0 Å². The normalized spacial score (nSPS) is 20.3. The molecule has 1 aliphatic carbocycles. The third kappa shape index (κ3) is 3.48. The van der Waals surface area contributed by atoms with Crippen LogP contribution in [0.4, 0.5) is 0 Å². The van der Waals surface area contributed by atoms with Gasteiger partial charge in [0, 0.05) is 0 Å². The summed E-state index contributed by atoms with van der Waals surface area (Å²) in [4.78, 5) is 0. The maximum atomic E-state index is 10.5. The van der Waals surface area contributed by atoms with Crippen molar-refractivity contribution in [2.45, 2.75) is 63.8 Å². The molecule has 0 heterocycles. The summed E-state index contributed by atoms with van der Waals surface area (Å²) < 4.78 is 5.58. The molecule has 0 bridgehead atoms. The van der Waals surface area contributed by atoms with Crippen LogP contribution in [0.15, 0.2) is 24.3 Å². The minimum Gasteiger partial charge on any atom is -0.491 e. The lowest BCUT2D eigenvalue weighted by molar-refractivity contribution is -0.0991. The van der Waals surface area contributed by atoms with E-state index in [1.54, 1.807) is 0 Å². The van der Waals surface area contributed by atoms with E-state index in [0.29, 0.717) is 12.8 Å². The van der Waals surface area contributed by atoms with Gasteiger partial charge in [-0.05, 0) is 44.4 Å². The van der Waals surface area contributed by atoms with Crippen molar-refractivity contribution in [2.24, 2.45) is 0 Å². The quantitative estimate of drug-likeness (QED) is 0.878. The van der Waals surface area contributed by atoms with Crippen molar-refractivity contribution < 1.29 is 14.9 Å². The first-order valence-electron chi connectivity index (χ1n) is 7.18. The summed E-state index contributed by atoms with van der Waals surface area (Å²) in [5.74, 6) is 0.793. The lowest BCUT2D eigenvalue weighted by Gasteiger charge is -2.36. The zero-order valence-corrected chi connectivity index (χ0v) is 11.8. The van der Waals surface area contributed by atoms with Gasteiger partial charge in [-0.1, -0.05) is 31.4 Å². The Kier molecular flexibility index (Phi) is 4.48. The van der Waals surface area contributed by atoms with E-state index in [1.807, 2.05) is 38.1 Å². The number of ether oxygens (including phenoxy) is 1. The Balaban J connectivity index is 2.08. The average molecular weight is 264 g/mol. The Bertz CT molecular complexity index is 391. The Hall–Kier alpha value is -1.06. The van der Waals surface area contributed by atoms with Gasteiger partial charge in [-0.2, -0.15) is 0 Å². The van der Waals surface area contributed by atoms with Gasteiger partial charge in [-0.25, -0.2) is 0 Å². The molecular formula is C16H24O3. The second-order valence-electron chi connectivity index (χ2n) is 5.80. The second kappa shape index (κ2) is 5.93. The SMILES string of the molecule is CC(C)Oc1ccc(C(O)C2(O)CCCCC2)cc1. The maximum Gasteiger partial charge on any atom is 0.119 e. The predicted octanol–water partition coefficient (Wildman–Crippen LogP) is 3.20. The van der Waals surface area contributed by atoms with Crippen molar-refractivity contribution in [3.8, 4) is 5.75 Å². The van der Waals surface area contributed by atoms with Crippen molar-refractivity contribution in [1.82, 2.24) is 0 Å². The van der Waals surface area contributed by atoms with Crippen LogP contribution in [0.1, 0.15) is 57.6 Å². The monoisotopic (exact) mass is 264 g/mol. The molecule has 19 heavy (non-hydrogen) atoms. The van der Waals surface area contributed by atoms with Gasteiger partial charge in [0.05, 0.1) is 11.7 Å². The van der Waals surface area contributed by atoms with Gasteiger partial charge in [0.15, 0.2) is 0 Å². The highest BCUT2D eigenvalue weighted by molar-refractivity contribution is 5.30. The van der Waals surface area contributed by atoms with Crippen molar-refractivity contribution in [3.63, 3.8) is 0 Å². The number of aliphatic hydroxyl groups is 2. The molecular weight excluding hydrogens is 240 g/mol. The van der Waals surface area contributed by atoms with E-state index >= 15 is 0 Å². The number of aliphatic hydroxyl groups excluding tert-OH is 1. The fourth-order valence-electron chi connectivity index (χ4n) is 2.75. The Morgan fingerprint density at radius 3 is 2.16 bits per heavy atom. The minimum atomic E-state index is -0.960. The van der Waals surface area contributed by atoms with E-state index in [1.165, 1.54) is 0 Å². The molecule has 0 spiro atoms. The summed E-state index contributed by atoms with van der Waals surface area (Å²) in [6.07, 6.45) is 3.82. The molecule has 0 aromatic heterocycles. The molecule has 1 aliphatic rings. The van der Waals surface area contributed by atoms with Crippen LogP contribution in [0.25, 0.3) is 0 Å². The van der Waals surface area contributed by atoms with Crippen LogP contribution < -0.4 is 4.74 Å². The van der Waals surface area contributed by atoms with Crippen LogP contribution in [0.3, 0.4) is 0 Å². The molecule has 3 nitrogen and oxygen atoms in total. The lowest BCUT2D eigenvalue weighted by atomic mass is 9.78. The molecule has 1 fully saturated rings. The molecule has 1 aromatic rings. The first kappa shape index (κ1) is 14.4. The fourth-order valence-corrected chi connectivity index (χ4v) is 2.75. The summed E-state index contributed by atoms with van der Waals surface area (Å²) >= 11 is 0. The highest BCUT2D eigenvalue weighted by Crippen LogP contribution is 2.38. The number of hydrogen-bond acceptors (Lipinski definition) is 3. The van der Waals surface area contributed by atoms with E-state index in [0.717, 1.165) is 30.6 Å². The van der Waals surface area contributed by atoms with E-state index < -0.39 is 11.7 Å². The van der Waals surface area contributed by atoms with Crippen LogP contribution in [0.2, 0.25) is 0 Å². The molecule has 2 N–H and O–H groups in total. The molecule has 1 unspecified atom stereocenters. The largest absolute Gasteiger partial charge is 0.491 e. The van der Waals surface area contributed by atoms with Gasteiger partial charge in [0.2, 0.25) is 0 Å². The molecule has 1 saturated carbocycles. The molecule has 2 rings (SSSR count). The van der Waals surface area contributed by atoms with E-state index in [9.17, 15) is 10.2 Å². The minimum absolute atomic E-state index is 0.137. The van der Waals surface area contributed by atoms with Gasteiger partial charge in [-0.3, -0.25) is 0 Å². The van der Waals surface area contributed by atoms with E-state index in [-0.39, 0.29) is 6.10 Å². The van der Waals surface area contributed by atoms with Crippen molar-refractivity contribution in [2.75, 3.05) is 0 Å². The molecule has 3 heteroatoms. The zero-order valence-electron chi connectivity index (χ0n) is 11.8. The molecule has 0 amide bonds. The fraction of sp³-hybridized carbons (Fsp3) is 0.625. The Labute approximate surface area is 115 Å². The van der Waals surface area contributed by atoms with Crippen molar-refractivity contribution >= 4 is 0 Å². The van der Waals surface area contributed by atoms with Crippen molar-refractivity contribution in [3.05, 3.63) is 29.8 Å². The van der Waals surface area contributed by atoms with Crippen LogP contribution in [0, 0.1) is 0 Å². The van der Waals surface area contributed by atoms with Crippen LogP contribution >= 0.6 is 0 Å². The van der Waals surface area contributed by atoms with Gasteiger partial charge in [0.25, 0.3) is 0 Å². The predicted molar refractivity (Wildman–Crippen MR) is 75.2 cm³/mol. The van der Waals surface area contributed by atoms with Crippen LogP contribution in [-0.4, -0.2) is 21.9 Å². The second-order valence-corrected chi connectivity index (χ2v) is 5.80. The summed E-state index contributed by atoms with van der Waals surface area (Å²) in [6, 6.07) is 7.39. The molecule has 0 radical (unpaired) electrons. The summed E-state index contributed by atoms with van der Waals surface area (Å²) in [6.45, 7) is 3.96. The molecule has 1 atom stereocenters. The summed E-state index contributed by atoms with van der Waals surface area (Å²) in [5.41, 5.74) is -0.195. The molecule has 1 aromatic carbocycles. The van der Waals surface area contributed by atoms with E-state index in [4.69, 9.17) is 4.74 Å². The first-order valence-corrected chi connectivity index (χ1v) is 7.18. The smallest absolute Gasteiger partial charge is 0.119 e.